The van der Waals surface area contributed by atoms with Gasteiger partial charge < -0.3 is 44.1 Å². The number of hydrogen-bond donors (Lipinski definition) is 4. The number of carbonyl (C=O) groups excluding carboxylic acids is 5. The summed E-state index contributed by atoms with van der Waals surface area (Å²) in [6, 6.07) is 0. The smallest absolute Gasteiger partial charge is 0.337 e. The second-order valence-electron chi connectivity index (χ2n) is 18.7. The monoisotopic (exact) mass is 840 g/mol. The second kappa shape index (κ2) is 17.9. The van der Waals surface area contributed by atoms with Crippen molar-refractivity contribution in [3.63, 3.8) is 0 Å². The first-order valence-electron chi connectivity index (χ1n) is 21.3. The Kier molecular flexibility index (Phi) is 13.5. The fraction of sp³-hybridized carbons (Fsp3) is 0.689. The van der Waals surface area contributed by atoms with Crippen LogP contribution >= 0.6 is 0 Å². The molecule has 2 fully saturated rings. The molecule has 15 heteroatoms. The third-order valence-corrected chi connectivity index (χ3v) is 14.2. The van der Waals surface area contributed by atoms with Crippen LogP contribution in [-0.4, -0.2) is 107 Å². The molecule has 0 radical (unpaired) electrons. The van der Waals surface area contributed by atoms with Gasteiger partial charge in [-0.05, 0) is 91.4 Å². The second-order valence-corrected chi connectivity index (χ2v) is 18.7. The summed E-state index contributed by atoms with van der Waals surface area (Å²) < 4.78 is 27.6. The molecule has 6 rings (SSSR count). The lowest BCUT2D eigenvalue weighted by Crippen LogP contribution is -2.55. The van der Waals surface area contributed by atoms with Crippen LogP contribution in [0.5, 0.6) is 0 Å². The molecule has 10 atom stereocenters. The summed E-state index contributed by atoms with van der Waals surface area (Å²) in [5.74, 6) is -9.65. The molecule has 10 unspecified atom stereocenters. The summed E-state index contributed by atoms with van der Waals surface area (Å²) in [5.41, 5.74) is -2.65. The standard InChI is InChI=1S/C45H60O15/c1-22(2)29-8-7-25-17-56-41(51)35(25)32(29)13-26(16-46)39(49)59-20-44(54)12-10-31(24(5)6)34-15-28(19-58-43(53)37(34)44)40(50)60-21-45(55)11-9-30(23(3)4)33-14-27(38(47)48)18-57-42(52)36(33)45/h13-15,22-24,29-34,36-37,46,54-55H,7-12,16-21H2,1-6H3,(H,47,48). The van der Waals surface area contributed by atoms with Crippen LogP contribution in [0, 0.1) is 65.1 Å². The summed E-state index contributed by atoms with van der Waals surface area (Å²) in [7, 11) is 0. The van der Waals surface area contributed by atoms with Gasteiger partial charge in [-0.3, -0.25) is 9.59 Å². The number of carboxylic acids is 1. The van der Waals surface area contributed by atoms with Gasteiger partial charge in [-0.1, -0.05) is 59.8 Å². The Bertz CT molecular complexity index is 1870. The first kappa shape index (κ1) is 45.2. The predicted octanol–water partition coefficient (Wildman–Crippen LogP) is 3.64. The Morgan fingerprint density at radius 1 is 0.750 bits per heavy atom. The number of fused-ring (bicyclic) bond motifs is 2. The molecular weight excluding hydrogens is 780 g/mol. The van der Waals surface area contributed by atoms with E-state index in [0.717, 1.165) is 12.0 Å². The Labute approximate surface area is 350 Å². The minimum absolute atomic E-state index is 0.00524. The normalized spacial score (nSPS) is 34.6. The van der Waals surface area contributed by atoms with Crippen LogP contribution in [0.1, 0.15) is 80.1 Å². The molecule has 3 heterocycles. The highest BCUT2D eigenvalue weighted by Gasteiger charge is 2.56. The van der Waals surface area contributed by atoms with Crippen LogP contribution in [0.3, 0.4) is 0 Å². The van der Waals surface area contributed by atoms with Crippen molar-refractivity contribution in [1.82, 2.24) is 0 Å². The van der Waals surface area contributed by atoms with E-state index in [9.17, 15) is 49.2 Å². The van der Waals surface area contributed by atoms with Gasteiger partial charge in [-0.2, -0.15) is 0 Å². The third kappa shape index (κ3) is 8.85. The molecule has 0 aromatic carbocycles. The number of carboxylic acid groups (broad SMARTS) is 1. The zero-order valence-corrected chi connectivity index (χ0v) is 35.3. The Morgan fingerprint density at radius 2 is 1.27 bits per heavy atom. The molecule has 0 bridgehead atoms. The van der Waals surface area contributed by atoms with E-state index in [1.807, 2.05) is 41.5 Å². The van der Waals surface area contributed by atoms with E-state index in [0.29, 0.717) is 24.8 Å². The predicted molar refractivity (Wildman–Crippen MR) is 211 cm³/mol. The Morgan fingerprint density at radius 3 is 1.78 bits per heavy atom. The number of carbonyl (C=O) groups is 6. The van der Waals surface area contributed by atoms with Crippen LogP contribution in [0.15, 0.2) is 46.1 Å². The molecule has 3 aliphatic carbocycles. The number of hydrogen-bond acceptors (Lipinski definition) is 14. The van der Waals surface area contributed by atoms with Crippen LogP contribution in [0.2, 0.25) is 0 Å². The van der Waals surface area contributed by atoms with Crippen molar-refractivity contribution in [2.45, 2.75) is 91.3 Å². The molecule has 3 aliphatic heterocycles. The van der Waals surface area contributed by atoms with Crippen LogP contribution in [0.4, 0.5) is 0 Å². The van der Waals surface area contributed by atoms with Gasteiger partial charge in [-0.25, -0.2) is 19.2 Å². The SMILES string of the molecule is CC(C)C1CCC2=C(C(=O)OC2)C1C=C(CO)C(=O)OCC1(O)CCC(C(C)C)C2C=C(C(=O)OCC3(O)CCC(C(C)C)C4C=C(C(=O)O)COC(=O)C43)COC(=O)C21. The van der Waals surface area contributed by atoms with E-state index in [-0.39, 0.29) is 71.7 Å². The number of ether oxygens (including phenoxy) is 5. The lowest BCUT2D eigenvalue weighted by Gasteiger charge is -2.46. The maximum Gasteiger partial charge on any atom is 0.337 e. The highest BCUT2D eigenvalue weighted by molar-refractivity contribution is 5.94. The largest absolute Gasteiger partial charge is 0.478 e. The zero-order chi connectivity index (χ0) is 43.8. The van der Waals surface area contributed by atoms with Gasteiger partial charge in [0.05, 0.1) is 35.2 Å². The van der Waals surface area contributed by atoms with Gasteiger partial charge in [-0.15, -0.1) is 0 Å². The summed E-state index contributed by atoms with van der Waals surface area (Å²) in [5, 5.41) is 44.2. The van der Waals surface area contributed by atoms with Crippen molar-refractivity contribution in [3.05, 3.63) is 46.1 Å². The van der Waals surface area contributed by atoms with E-state index in [1.165, 1.54) is 6.08 Å². The summed E-state index contributed by atoms with van der Waals surface area (Å²) >= 11 is 0. The molecule has 6 aliphatic rings. The highest BCUT2D eigenvalue weighted by Crippen LogP contribution is 2.50. The Balaban J connectivity index is 1.21. The molecule has 0 amide bonds. The number of aliphatic hydroxyl groups excluding tert-OH is 1. The maximum atomic E-state index is 13.8. The molecule has 0 spiro atoms. The highest BCUT2D eigenvalue weighted by atomic mass is 16.6. The molecule has 60 heavy (non-hydrogen) atoms. The van der Waals surface area contributed by atoms with E-state index in [4.69, 9.17) is 23.7 Å². The molecule has 330 valence electrons. The minimum Gasteiger partial charge on any atom is -0.478 e. The van der Waals surface area contributed by atoms with E-state index >= 15 is 0 Å². The number of rotatable bonds is 12. The summed E-state index contributed by atoms with van der Waals surface area (Å²) in [4.78, 5) is 79.3. The number of allylic oxidation sites excluding steroid dienone is 3. The average Bonchev–Trinajstić information content (AvgIpc) is 3.34. The fourth-order valence-electron chi connectivity index (χ4n) is 10.8. The van der Waals surface area contributed by atoms with Crippen molar-refractivity contribution in [2.24, 2.45) is 65.1 Å². The average molecular weight is 841 g/mol. The molecule has 0 aromatic rings. The van der Waals surface area contributed by atoms with Gasteiger partial charge >= 0.3 is 35.8 Å². The van der Waals surface area contributed by atoms with Crippen LogP contribution in [-0.2, 0) is 52.5 Å². The summed E-state index contributed by atoms with van der Waals surface area (Å²) in [6.45, 7) is 9.20. The lowest BCUT2D eigenvalue weighted by atomic mass is 9.61. The number of cyclic esters (lactones) is 3. The van der Waals surface area contributed by atoms with Crippen molar-refractivity contribution in [2.75, 3.05) is 39.6 Å². The lowest BCUT2D eigenvalue weighted by molar-refractivity contribution is -0.182. The van der Waals surface area contributed by atoms with E-state index < -0.39 is 110 Å². The molecule has 0 aromatic heterocycles. The first-order chi connectivity index (χ1) is 28.3. The van der Waals surface area contributed by atoms with Crippen molar-refractivity contribution >= 4 is 35.8 Å². The maximum absolute atomic E-state index is 13.8. The van der Waals surface area contributed by atoms with Gasteiger partial charge in [0.2, 0.25) is 0 Å². The number of esters is 5. The molecular formula is C45H60O15. The van der Waals surface area contributed by atoms with Crippen molar-refractivity contribution < 1.29 is 72.9 Å². The molecule has 4 N–H and O–H groups in total. The first-order valence-corrected chi connectivity index (χ1v) is 21.3. The summed E-state index contributed by atoms with van der Waals surface area (Å²) in [6.07, 6.45) is 7.04. The molecule has 2 saturated carbocycles. The quantitative estimate of drug-likeness (QED) is 0.125. The van der Waals surface area contributed by atoms with Crippen LogP contribution in [0.25, 0.3) is 0 Å². The van der Waals surface area contributed by atoms with E-state index in [2.05, 4.69) is 0 Å². The topological polar surface area (TPSA) is 229 Å². The molecule has 0 saturated heterocycles. The number of aliphatic carboxylic acids is 1. The number of aliphatic hydroxyl groups is 3. The van der Waals surface area contributed by atoms with E-state index in [1.54, 1.807) is 12.2 Å². The Hall–Kier alpha value is -4.34. The van der Waals surface area contributed by atoms with Crippen molar-refractivity contribution in [3.8, 4) is 0 Å². The zero-order valence-electron chi connectivity index (χ0n) is 35.3. The van der Waals surface area contributed by atoms with Gasteiger partial charge in [0.1, 0.15) is 44.2 Å². The van der Waals surface area contributed by atoms with Gasteiger partial charge in [0, 0.05) is 11.5 Å². The minimum atomic E-state index is -1.92. The fourth-order valence-corrected chi connectivity index (χ4v) is 10.8. The van der Waals surface area contributed by atoms with Gasteiger partial charge in [0.25, 0.3) is 0 Å². The molecule has 15 nitrogen and oxygen atoms in total. The third-order valence-electron chi connectivity index (χ3n) is 14.2. The van der Waals surface area contributed by atoms with Crippen molar-refractivity contribution in [1.29, 1.82) is 0 Å². The van der Waals surface area contributed by atoms with Crippen LogP contribution < -0.4 is 0 Å². The van der Waals surface area contributed by atoms with Gasteiger partial charge in [0.15, 0.2) is 0 Å².